The van der Waals surface area contributed by atoms with Crippen LogP contribution in [0.25, 0.3) is 5.57 Å². The molecule has 7 heteroatoms. The second-order valence-corrected chi connectivity index (χ2v) is 7.84. The number of allylic oxidation sites excluding steroid dienone is 1. The number of carbonyl (C=O) groups excluding carboxylic acids is 1. The molecule has 0 fully saturated rings. The molecule has 30 heavy (non-hydrogen) atoms. The van der Waals surface area contributed by atoms with Gasteiger partial charge in [-0.05, 0) is 49.1 Å². The first-order valence-electron chi connectivity index (χ1n) is 10.5. The Bertz CT molecular complexity index is 1130. The Morgan fingerprint density at radius 1 is 1.17 bits per heavy atom. The second kappa shape index (κ2) is 7.38. The number of amidine groups is 1. The van der Waals surface area contributed by atoms with E-state index in [4.69, 9.17) is 0 Å². The summed E-state index contributed by atoms with van der Waals surface area (Å²) in [6.45, 7) is 3.98. The zero-order chi connectivity index (χ0) is 21.6. The molecule has 0 aliphatic carbocycles. The molecule has 3 heterocycles. The van der Waals surface area contributed by atoms with Gasteiger partial charge in [0.1, 0.15) is 5.57 Å². The van der Waals surface area contributed by atoms with Crippen LogP contribution in [0.3, 0.4) is 0 Å². The van der Waals surface area contributed by atoms with E-state index in [2.05, 4.69) is 5.32 Å². The van der Waals surface area contributed by atoms with Crippen LogP contribution in [0, 0.1) is 13.8 Å². The Morgan fingerprint density at radius 3 is 2.47 bits per heavy atom. The number of aromatic nitrogens is 1. The van der Waals surface area contributed by atoms with Crippen molar-refractivity contribution >= 4 is 24.7 Å². The predicted molar refractivity (Wildman–Crippen MR) is 117 cm³/mol. The summed E-state index contributed by atoms with van der Waals surface area (Å²) in [5.41, 5.74) is 5.17. The van der Waals surface area contributed by atoms with Crippen molar-refractivity contribution in [2.75, 3.05) is 6.54 Å². The minimum Gasteiger partial charge on any atom is -0.419 e. The molecule has 0 bridgehead atoms. The van der Waals surface area contributed by atoms with E-state index in [1.54, 1.807) is 13.0 Å². The zero-order valence-corrected chi connectivity index (χ0v) is 17.8. The van der Waals surface area contributed by atoms with Crippen molar-refractivity contribution in [3.8, 4) is 0 Å². The molecule has 2 aliphatic heterocycles. The number of benzene rings is 1. The van der Waals surface area contributed by atoms with Crippen LogP contribution in [0.4, 0.5) is 8.63 Å². The van der Waals surface area contributed by atoms with Crippen LogP contribution in [0.2, 0.25) is 0 Å². The number of hydrogen-bond donors (Lipinski definition) is 1. The third-order valence-corrected chi connectivity index (χ3v) is 6.11. The maximum Gasteiger partial charge on any atom is 0.639 e. The first-order chi connectivity index (χ1) is 14.4. The van der Waals surface area contributed by atoms with E-state index >= 15 is 8.63 Å². The lowest BCUT2D eigenvalue weighted by Crippen LogP contribution is -2.54. The monoisotopic (exact) mass is 409 g/mol. The van der Waals surface area contributed by atoms with Gasteiger partial charge in [-0.1, -0.05) is 44.2 Å². The Balaban J connectivity index is 2.16. The van der Waals surface area contributed by atoms with Crippen LogP contribution < -0.4 is 5.32 Å². The standard InChI is InChI=1S/C23H26BF2N3O/c1-5-12-27-23-18(14-30)13-20-21(17-10-8-7-9-11-17)22-15(3)19(6-2)16(4)28(22)24(25,26)29(20)23/h7-11,13-14,27H,5-6,12H2,1-4H3. The van der Waals surface area contributed by atoms with Gasteiger partial charge in [-0.3, -0.25) is 10.1 Å². The average molecular weight is 409 g/mol. The van der Waals surface area contributed by atoms with Gasteiger partial charge in [0.2, 0.25) is 5.84 Å². The first kappa shape index (κ1) is 20.3. The molecular weight excluding hydrogens is 383 g/mol. The fourth-order valence-corrected chi connectivity index (χ4v) is 4.83. The van der Waals surface area contributed by atoms with Gasteiger partial charge in [-0.15, -0.1) is 0 Å². The Hall–Kier alpha value is -2.96. The summed E-state index contributed by atoms with van der Waals surface area (Å²) in [5, 5.41) is 3.08. The van der Waals surface area contributed by atoms with Gasteiger partial charge in [0.15, 0.2) is 6.29 Å². The lowest BCUT2D eigenvalue weighted by atomic mass is 9.85. The van der Waals surface area contributed by atoms with Crippen molar-refractivity contribution in [2.24, 2.45) is 0 Å². The summed E-state index contributed by atoms with van der Waals surface area (Å²) >= 11 is 0. The highest BCUT2D eigenvalue weighted by atomic mass is 19.2. The third-order valence-electron chi connectivity index (χ3n) is 6.11. The molecule has 0 amide bonds. The van der Waals surface area contributed by atoms with Crippen LogP contribution in [0.5, 0.6) is 0 Å². The van der Waals surface area contributed by atoms with Crippen molar-refractivity contribution in [2.45, 2.75) is 40.5 Å². The highest BCUT2D eigenvalue weighted by Crippen LogP contribution is 2.44. The molecule has 0 unspecified atom stereocenters. The lowest BCUT2D eigenvalue weighted by Gasteiger charge is -2.37. The predicted octanol–water partition coefficient (Wildman–Crippen LogP) is 4.21. The first-order valence-corrected chi connectivity index (χ1v) is 10.5. The minimum atomic E-state index is -4.17. The van der Waals surface area contributed by atoms with Crippen molar-refractivity contribution < 1.29 is 17.9 Å². The SMILES string of the molecule is CCCNC1=[N+]2C(=C(c3ccccc3)c3c(C)c(CC)c(C)n3[B-]2(F)F)C=C1C=O. The molecule has 0 radical (unpaired) electrons. The summed E-state index contributed by atoms with van der Waals surface area (Å²) in [5.74, 6) is 0.190. The van der Waals surface area contributed by atoms with E-state index in [-0.39, 0.29) is 11.4 Å². The van der Waals surface area contributed by atoms with Gasteiger partial charge >= 0.3 is 6.97 Å². The van der Waals surface area contributed by atoms with Crippen LogP contribution in [-0.4, -0.2) is 34.6 Å². The Labute approximate surface area is 175 Å². The van der Waals surface area contributed by atoms with Crippen LogP contribution in [0.1, 0.15) is 48.3 Å². The lowest BCUT2D eigenvalue weighted by molar-refractivity contribution is -0.364. The highest BCUT2D eigenvalue weighted by molar-refractivity contribution is 6.58. The van der Waals surface area contributed by atoms with E-state index in [0.29, 0.717) is 36.3 Å². The maximum absolute atomic E-state index is 16.1. The largest absolute Gasteiger partial charge is 0.639 e. The van der Waals surface area contributed by atoms with Gasteiger partial charge in [-0.25, -0.2) is 0 Å². The number of hydrogen-bond acceptors (Lipinski definition) is 2. The molecule has 0 saturated heterocycles. The van der Waals surface area contributed by atoms with Gasteiger partial charge in [0.05, 0.1) is 12.2 Å². The molecule has 0 saturated carbocycles. The van der Waals surface area contributed by atoms with Gasteiger partial charge < -0.3 is 17.6 Å². The minimum absolute atomic E-state index is 0.190. The number of nitrogens with zero attached hydrogens (tertiary/aromatic N) is 2. The molecule has 1 aromatic heterocycles. The van der Waals surface area contributed by atoms with E-state index in [1.165, 1.54) is 4.48 Å². The molecule has 2 aromatic rings. The summed E-state index contributed by atoms with van der Waals surface area (Å²) in [6.07, 6.45) is 3.70. The molecule has 2 aliphatic rings. The number of nitrogens with one attached hydrogen (secondary N) is 1. The van der Waals surface area contributed by atoms with Gasteiger partial charge in [-0.2, -0.15) is 0 Å². The maximum atomic E-state index is 16.1. The molecule has 1 N–H and O–H groups in total. The van der Waals surface area contributed by atoms with Crippen molar-refractivity contribution in [1.29, 1.82) is 0 Å². The molecule has 4 rings (SSSR count). The van der Waals surface area contributed by atoms with E-state index < -0.39 is 6.97 Å². The fraction of sp³-hybridized carbons (Fsp3) is 0.304. The molecule has 4 nitrogen and oxygen atoms in total. The number of halogens is 2. The Kier molecular flexibility index (Phi) is 5.00. The van der Waals surface area contributed by atoms with Gasteiger partial charge in [0.25, 0.3) is 0 Å². The van der Waals surface area contributed by atoms with Crippen LogP contribution in [-0.2, 0) is 11.2 Å². The molecular formula is C23H26BF2N3O. The van der Waals surface area contributed by atoms with Crippen molar-refractivity contribution in [1.82, 2.24) is 9.79 Å². The van der Waals surface area contributed by atoms with E-state index in [1.807, 2.05) is 51.1 Å². The smallest absolute Gasteiger partial charge is 0.419 e. The third kappa shape index (κ3) is 2.71. The van der Waals surface area contributed by atoms with Gasteiger partial charge in [0, 0.05) is 17.3 Å². The average Bonchev–Trinajstić information content (AvgIpc) is 3.23. The highest BCUT2D eigenvalue weighted by Gasteiger charge is 2.51. The zero-order valence-electron chi connectivity index (χ0n) is 17.8. The summed E-state index contributed by atoms with van der Waals surface area (Å²) in [7, 11) is 0. The molecule has 0 spiro atoms. The summed E-state index contributed by atoms with van der Waals surface area (Å²) < 4.78 is 34.5. The Morgan fingerprint density at radius 2 is 1.87 bits per heavy atom. The summed E-state index contributed by atoms with van der Waals surface area (Å²) in [4.78, 5) is 11.8. The van der Waals surface area contributed by atoms with Crippen molar-refractivity contribution in [3.05, 3.63) is 75.8 Å². The van der Waals surface area contributed by atoms with E-state index in [0.717, 1.165) is 33.2 Å². The fourth-order valence-electron chi connectivity index (χ4n) is 4.83. The molecule has 156 valence electrons. The topological polar surface area (TPSA) is 37.0 Å². The van der Waals surface area contributed by atoms with Crippen LogP contribution >= 0.6 is 0 Å². The number of fused-ring (bicyclic) bond motifs is 2. The number of aldehydes is 1. The van der Waals surface area contributed by atoms with Crippen LogP contribution in [0.15, 0.2) is 47.7 Å². The second-order valence-electron chi connectivity index (χ2n) is 7.84. The van der Waals surface area contributed by atoms with Crippen molar-refractivity contribution in [3.63, 3.8) is 0 Å². The number of carbonyl (C=O) groups is 1. The molecule has 0 atom stereocenters. The number of rotatable bonds is 5. The quantitative estimate of drug-likeness (QED) is 0.594. The normalized spacial score (nSPS) is 17.1. The molecule has 1 aromatic carbocycles. The van der Waals surface area contributed by atoms with E-state index in [9.17, 15) is 4.79 Å². The summed E-state index contributed by atoms with van der Waals surface area (Å²) in [6, 6.07) is 9.58.